The van der Waals surface area contributed by atoms with Crippen LogP contribution in [0.1, 0.15) is 62.7 Å². The van der Waals surface area contributed by atoms with Crippen LogP contribution in [0.15, 0.2) is 48.5 Å². The van der Waals surface area contributed by atoms with Gasteiger partial charge in [0.2, 0.25) is 0 Å². The molecule has 0 aliphatic carbocycles. The third-order valence-corrected chi connectivity index (χ3v) is 7.86. The van der Waals surface area contributed by atoms with Crippen molar-refractivity contribution in [3.8, 4) is 17.3 Å². The molecule has 0 radical (unpaired) electrons. The molecule has 214 valence electrons. The molecule has 0 saturated carbocycles. The third-order valence-electron chi connectivity index (χ3n) is 7.86. The number of nitriles is 1. The maximum absolute atomic E-state index is 15.9. The molecule has 1 fully saturated rings. The topological polar surface area (TPSA) is 113 Å². The Kier molecular flexibility index (Phi) is 9.04. The summed E-state index contributed by atoms with van der Waals surface area (Å²) in [4.78, 5) is 34.6. The molecule has 2 amide bonds. The summed E-state index contributed by atoms with van der Waals surface area (Å²) in [6.07, 6.45) is 0.979. The number of likely N-dealkylation sites (tertiary alicyclic amines) is 1. The zero-order valence-electron chi connectivity index (χ0n) is 24.0. The molecule has 1 aromatic heterocycles. The van der Waals surface area contributed by atoms with Crippen molar-refractivity contribution in [2.24, 2.45) is 5.73 Å². The fraction of sp³-hybridized carbons (Fsp3) is 0.375. The summed E-state index contributed by atoms with van der Waals surface area (Å²) < 4.78 is 21.0. The van der Waals surface area contributed by atoms with Gasteiger partial charge in [0.25, 0.3) is 11.8 Å². The molecular weight excluding hydrogens is 521 g/mol. The van der Waals surface area contributed by atoms with Crippen LogP contribution in [0.5, 0.6) is 0 Å². The number of piperidine rings is 1. The lowest BCUT2D eigenvalue weighted by Gasteiger charge is -2.37. The van der Waals surface area contributed by atoms with Gasteiger partial charge in [0.1, 0.15) is 11.5 Å². The van der Waals surface area contributed by atoms with Gasteiger partial charge in [0.05, 0.1) is 29.5 Å². The number of amides is 2. The van der Waals surface area contributed by atoms with Crippen LogP contribution in [0.2, 0.25) is 0 Å². The molecule has 1 aliphatic rings. The monoisotopic (exact) mass is 557 g/mol. The summed E-state index contributed by atoms with van der Waals surface area (Å²) in [6, 6.07) is 15.8. The smallest absolute Gasteiger partial charge is 0.254 e. The van der Waals surface area contributed by atoms with Gasteiger partial charge < -0.3 is 20.3 Å². The van der Waals surface area contributed by atoms with Gasteiger partial charge in [-0.1, -0.05) is 25.1 Å². The highest BCUT2D eigenvalue weighted by atomic mass is 19.1. The van der Waals surface area contributed by atoms with Crippen LogP contribution >= 0.6 is 0 Å². The van der Waals surface area contributed by atoms with Crippen LogP contribution in [0.3, 0.4) is 0 Å². The van der Waals surface area contributed by atoms with E-state index in [2.05, 4.69) is 6.07 Å². The van der Waals surface area contributed by atoms with E-state index in [1.165, 1.54) is 0 Å². The molecular formula is C32H36FN5O3. The van der Waals surface area contributed by atoms with Crippen molar-refractivity contribution in [2.45, 2.75) is 38.8 Å². The van der Waals surface area contributed by atoms with Gasteiger partial charge in [0.15, 0.2) is 0 Å². The van der Waals surface area contributed by atoms with E-state index in [0.29, 0.717) is 53.3 Å². The van der Waals surface area contributed by atoms with Crippen molar-refractivity contribution < 1.29 is 18.7 Å². The number of halogens is 1. The van der Waals surface area contributed by atoms with Crippen LogP contribution < -0.4 is 10.6 Å². The Morgan fingerprint density at radius 1 is 1.15 bits per heavy atom. The minimum atomic E-state index is -1.56. The molecule has 0 spiro atoms. The largest absolute Gasteiger partial charge is 0.383 e. The van der Waals surface area contributed by atoms with Gasteiger partial charge in [-0.25, -0.2) is 9.37 Å². The minimum Gasteiger partial charge on any atom is -0.383 e. The van der Waals surface area contributed by atoms with Gasteiger partial charge in [-0.05, 0) is 60.4 Å². The van der Waals surface area contributed by atoms with Gasteiger partial charge in [-0.2, -0.15) is 5.26 Å². The number of hydrogen-bond acceptors (Lipinski definition) is 6. The number of pyridine rings is 1. The van der Waals surface area contributed by atoms with Crippen molar-refractivity contribution in [3.05, 3.63) is 81.9 Å². The Labute approximate surface area is 240 Å². The Balaban J connectivity index is 1.66. The second kappa shape index (κ2) is 12.5. The number of hydrogen-bond donors (Lipinski definition) is 1. The van der Waals surface area contributed by atoms with E-state index >= 15 is 4.39 Å². The van der Waals surface area contributed by atoms with E-state index in [1.54, 1.807) is 54.5 Å². The number of aryl methyl sites for hydroxylation is 2. The lowest BCUT2D eigenvalue weighted by molar-refractivity contribution is 0.0421. The standard InChI is InChI=1S/C32H36FN5O3/c1-5-23-18-21(2)26(19-27(23)29-25(30(35)39)10-11-28(36-29)37(3)16-17-41-4)31(40)38-14-12-32(33,13-15-38)24-8-6-22(20-34)7-9-24/h6-11,18-19H,5,12-17H2,1-4H3,(H2,35,39). The second-order valence-electron chi connectivity index (χ2n) is 10.5. The number of rotatable bonds is 9. The first-order chi connectivity index (χ1) is 19.6. The maximum Gasteiger partial charge on any atom is 0.254 e. The lowest BCUT2D eigenvalue weighted by Crippen LogP contribution is -2.43. The average Bonchev–Trinajstić information content (AvgIpc) is 2.99. The first-order valence-corrected chi connectivity index (χ1v) is 13.8. The molecule has 1 saturated heterocycles. The number of benzene rings is 2. The van der Waals surface area contributed by atoms with Crippen LogP contribution in [-0.2, 0) is 16.8 Å². The van der Waals surface area contributed by atoms with Crippen molar-refractivity contribution >= 4 is 17.6 Å². The average molecular weight is 558 g/mol. The first-order valence-electron chi connectivity index (χ1n) is 13.8. The lowest BCUT2D eigenvalue weighted by atomic mass is 9.85. The normalized spacial score (nSPS) is 14.4. The fourth-order valence-corrected chi connectivity index (χ4v) is 5.29. The van der Waals surface area contributed by atoms with Crippen LogP contribution in [0, 0.1) is 18.3 Å². The zero-order valence-corrected chi connectivity index (χ0v) is 24.0. The molecule has 4 rings (SSSR count). The van der Waals surface area contributed by atoms with Crippen molar-refractivity contribution in [1.29, 1.82) is 5.26 Å². The number of carbonyl (C=O) groups is 2. The fourth-order valence-electron chi connectivity index (χ4n) is 5.29. The van der Waals surface area contributed by atoms with E-state index < -0.39 is 11.6 Å². The Bertz CT molecular complexity index is 1470. The number of methoxy groups -OCH3 is 1. The van der Waals surface area contributed by atoms with Crippen LogP contribution in [0.25, 0.3) is 11.3 Å². The van der Waals surface area contributed by atoms with E-state index in [0.717, 1.165) is 11.1 Å². The highest BCUT2D eigenvalue weighted by molar-refractivity contribution is 6.01. The maximum atomic E-state index is 15.9. The molecule has 0 atom stereocenters. The number of ether oxygens (including phenoxy) is 1. The summed E-state index contributed by atoms with van der Waals surface area (Å²) in [5, 5.41) is 9.04. The van der Waals surface area contributed by atoms with E-state index in [1.807, 2.05) is 31.9 Å². The van der Waals surface area contributed by atoms with Crippen molar-refractivity contribution in [1.82, 2.24) is 9.88 Å². The summed E-state index contributed by atoms with van der Waals surface area (Å²) in [5.41, 5.74) is 8.77. The zero-order chi connectivity index (χ0) is 29.7. The molecule has 0 unspecified atom stereocenters. The number of carbonyl (C=O) groups excluding carboxylic acids is 2. The number of primary amides is 1. The van der Waals surface area contributed by atoms with Gasteiger partial charge in [-0.3, -0.25) is 9.59 Å². The van der Waals surface area contributed by atoms with E-state index in [4.69, 9.17) is 20.7 Å². The highest BCUT2D eigenvalue weighted by Gasteiger charge is 2.38. The molecule has 0 bridgehead atoms. The third kappa shape index (κ3) is 6.23. The SMILES string of the molecule is CCc1cc(C)c(C(=O)N2CCC(F)(c3ccc(C#N)cc3)CC2)cc1-c1nc(N(C)CCOC)ccc1C(N)=O. The molecule has 3 aromatic rings. The Morgan fingerprint density at radius 3 is 2.41 bits per heavy atom. The summed E-state index contributed by atoms with van der Waals surface area (Å²) in [7, 11) is 3.52. The Morgan fingerprint density at radius 2 is 1.83 bits per heavy atom. The summed E-state index contributed by atoms with van der Waals surface area (Å²) in [6.45, 7) is 5.51. The number of aromatic nitrogens is 1. The highest BCUT2D eigenvalue weighted by Crippen LogP contribution is 2.38. The minimum absolute atomic E-state index is 0.160. The molecule has 41 heavy (non-hydrogen) atoms. The molecule has 8 nitrogen and oxygen atoms in total. The predicted molar refractivity (Wildman–Crippen MR) is 157 cm³/mol. The quantitative estimate of drug-likeness (QED) is 0.406. The van der Waals surface area contributed by atoms with Gasteiger partial charge in [0, 0.05) is 57.8 Å². The van der Waals surface area contributed by atoms with Crippen molar-refractivity contribution in [2.75, 3.05) is 45.3 Å². The summed E-state index contributed by atoms with van der Waals surface area (Å²) >= 11 is 0. The molecule has 9 heteroatoms. The van der Waals surface area contributed by atoms with Crippen LogP contribution in [-0.4, -0.2) is 62.1 Å². The number of alkyl halides is 1. The molecule has 1 aliphatic heterocycles. The van der Waals surface area contributed by atoms with Crippen molar-refractivity contribution in [3.63, 3.8) is 0 Å². The Hall–Kier alpha value is -4.29. The van der Waals surface area contributed by atoms with E-state index in [-0.39, 0.29) is 37.4 Å². The van der Waals surface area contributed by atoms with Gasteiger partial charge >= 0.3 is 0 Å². The first kappa shape index (κ1) is 29.7. The second-order valence-corrected chi connectivity index (χ2v) is 10.5. The van der Waals surface area contributed by atoms with E-state index in [9.17, 15) is 9.59 Å². The molecule has 2 aromatic carbocycles. The molecule has 2 N–H and O–H groups in total. The number of anilines is 1. The van der Waals surface area contributed by atoms with Crippen LogP contribution in [0.4, 0.5) is 10.2 Å². The van der Waals surface area contributed by atoms with Gasteiger partial charge in [-0.15, -0.1) is 0 Å². The number of nitrogens with zero attached hydrogens (tertiary/aromatic N) is 4. The molecule has 2 heterocycles. The number of nitrogens with two attached hydrogens (primary N) is 1. The predicted octanol–water partition coefficient (Wildman–Crippen LogP) is 4.77. The summed E-state index contributed by atoms with van der Waals surface area (Å²) in [5.74, 6) is -0.148. The number of likely N-dealkylation sites (N-methyl/N-ethyl adjacent to an activating group) is 1.